The quantitative estimate of drug-likeness (QED) is 0.826. The van der Waals surface area contributed by atoms with Gasteiger partial charge in [-0.25, -0.2) is 9.18 Å². The van der Waals surface area contributed by atoms with Gasteiger partial charge < -0.3 is 10.1 Å². The van der Waals surface area contributed by atoms with Crippen LogP contribution in [0.1, 0.15) is 41.4 Å². The molecule has 126 valence electrons. The first kappa shape index (κ1) is 17.7. The number of hydrogen-bond acceptors (Lipinski definition) is 3. The Kier molecular flexibility index (Phi) is 6.07. The summed E-state index contributed by atoms with van der Waals surface area (Å²) in [6, 6.07) is 13.2. The minimum absolute atomic E-state index is 0.187. The summed E-state index contributed by atoms with van der Waals surface area (Å²) in [5, 5.41) is 2.75. The van der Waals surface area contributed by atoms with Crippen molar-refractivity contribution in [3.05, 3.63) is 71.0 Å². The van der Waals surface area contributed by atoms with E-state index in [-0.39, 0.29) is 11.6 Å². The maximum Gasteiger partial charge on any atom is 0.341 e. The van der Waals surface area contributed by atoms with Crippen molar-refractivity contribution >= 4 is 11.9 Å². The molecule has 24 heavy (non-hydrogen) atoms. The number of amides is 1. The van der Waals surface area contributed by atoms with Crippen LogP contribution in [0.3, 0.4) is 0 Å². The number of carbonyl (C=O) groups is 2. The lowest BCUT2D eigenvalue weighted by atomic mass is 10.1. The molecule has 2 aromatic rings. The smallest absolute Gasteiger partial charge is 0.341 e. The largest absolute Gasteiger partial charge is 0.452 e. The Morgan fingerprint density at radius 1 is 1.12 bits per heavy atom. The molecule has 0 saturated carbocycles. The minimum atomic E-state index is -0.858. The molecule has 5 heteroatoms. The lowest BCUT2D eigenvalue weighted by molar-refractivity contribution is -0.124. The van der Waals surface area contributed by atoms with E-state index in [1.54, 1.807) is 0 Å². The van der Waals surface area contributed by atoms with Gasteiger partial charge >= 0.3 is 5.97 Å². The third-order valence-electron chi connectivity index (χ3n) is 3.69. The number of esters is 1. The normalized spacial score (nSPS) is 11.6. The summed E-state index contributed by atoms with van der Waals surface area (Å²) < 4.78 is 18.3. The number of halogens is 1. The number of rotatable bonds is 6. The van der Waals surface area contributed by atoms with E-state index in [0.29, 0.717) is 0 Å². The Morgan fingerprint density at radius 3 is 2.42 bits per heavy atom. The Balaban J connectivity index is 1.86. The molecule has 1 atom stereocenters. The fourth-order valence-electron chi connectivity index (χ4n) is 2.24. The first-order valence-electron chi connectivity index (χ1n) is 7.81. The predicted octanol–water partition coefficient (Wildman–Crippen LogP) is 3.42. The van der Waals surface area contributed by atoms with Crippen molar-refractivity contribution in [2.24, 2.45) is 0 Å². The number of carbonyl (C=O) groups excluding carboxylic acids is 2. The lowest BCUT2D eigenvalue weighted by Gasteiger charge is -2.15. The summed E-state index contributed by atoms with van der Waals surface area (Å²) in [6.07, 6.45) is 0.951. The maximum atomic E-state index is 13.5. The molecule has 0 spiro atoms. The minimum Gasteiger partial charge on any atom is -0.452 e. The van der Waals surface area contributed by atoms with Gasteiger partial charge in [-0.3, -0.25) is 4.79 Å². The van der Waals surface area contributed by atoms with E-state index in [1.807, 2.05) is 31.2 Å². The Morgan fingerprint density at radius 2 is 1.79 bits per heavy atom. The zero-order valence-corrected chi connectivity index (χ0v) is 13.7. The standard InChI is InChI=1S/C19H20FNO3/c1-3-14-8-10-15(11-9-14)13(2)21-18(22)12-24-19(23)16-6-4-5-7-17(16)20/h4-11,13H,3,12H2,1-2H3,(H,21,22)/t13-/m1/s1. The van der Waals surface area contributed by atoms with Crippen molar-refractivity contribution < 1.29 is 18.7 Å². The van der Waals surface area contributed by atoms with E-state index in [0.717, 1.165) is 12.0 Å². The van der Waals surface area contributed by atoms with E-state index < -0.39 is 24.3 Å². The number of aryl methyl sites for hydroxylation is 1. The second-order valence-corrected chi connectivity index (χ2v) is 5.44. The van der Waals surface area contributed by atoms with Gasteiger partial charge in [-0.1, -0.05) is 43.3 Å². The number of ether oxygens (including phenoxy) is 1. The highest BCUT2D eigenvalue weighted by Crippen LogP contribution is 2.14. The van der Waals surface area contributed by atoms with Crippen LogP contribution in [0.4, 0.5) is 4.39 Å². The molecule has 0 bridgehead atoms. The molecular formula is C19H20FNO3. The summed E-state index contributed by atoms with van der Waals surface area (Å²) in [4.78, 5) is 23.6. The molecule has 1 amide bonds. The van der Waals surface area contributed by atoms with Crippen molar-refractivity contribution in [1.82, 2.24) is 5.32 Å². The number of hydrogen-bond donors (Lipinski definition) is 1. The third kappa shape index (κ3) is 4.65. The summed E-state index contributed by atoms with van der Waals surface area (Å²) in [6.45, 7) is 3.46. The van der Waals surface area contributed by atoms with Crippen LogP contribution in [0.2, 0.25) is 0 Å². The zero-order chi connectivity index (χ0) is 17.5. The zero-order valence-electron chi connectivity index (χ0n) is 13.7. The molecule has 0 heterocycles. The van der Waals surface area contributed by atoms with Crippen LogP contribution >= 0.6 is 0 Å². The van der Waals surface area contributed by atoms with Crippen molar-refractivity contribution in [2.75, 3.05) is 6.61 Å². The number of nitrogens with one attached hydrogen (secondary N) is 1. The highest BCUT2D eigenvalue weighted by atomic mass is 19.1. The molecule has 0 radical (unpaired) electrons. The van der Waals surface area contributed by atoms with E-state index in [2.05, 4.69) is 12.2 Å². The summed E-state index contributed by atoms with van der Waals surface area (Å²) in [5.74, 6) is -1.97. The van der Waals surface area contributed by atoms with Gasteiger partial charge in [0.05, 0.1) is 11.6 Å². The van der Waals surface area contributed by atoms with Gasteiger partial charge in [0.25, 0.3) is 5.91 Å². The van der Waals surface area contributed by atoms with E-state index in [9.17, 15) is 14.0 Å². The molecule has 4 nitrogen and oxygen atoms in total. The Hall–Kier alpha value is -2.69. The van der Waals surface area contributed by atoms with Crippen LogP contribution in [0.25, 0.3) is 0 Å². The summed E-state index contributed by atoms with van der Waals surface area (Å²) >= 11 is 0. The molecule has 0 fully saturated rings. The van der Waals surface area contributed by atoms with Gasteiger partial charge in [0, 0.05) is 0 Å². The fraction of sp³-hybridized carbons (Fsp3) is 0.263. The predicted molar refractivity (Wildman–Crippen MR) is 89.1 cm³/mol. The van der Waals surface area contributed by atoms with Crippen LogP contribution < -0.4 is 5.32 Å². The van der Waals surface area contributed by atoms with E-state index in [4.69, 9.17) is 4.74 Å². The Labute approximate surface area is 140 Å². The molecule has 0 aliphatic rings. The Bertz CT molecular complexity index is 713. The molecular weight excluding hydrogens is 309 g/mol. The van der Waals surface area contributed by atoms with Gasteiger partial charge in [0.15, 0.2) is 6.61 Å². The molecule has 0 aliphatic carbocycles. The van der Waals surface area contributed by atoms with Crippen molar-refractivity contribution in [2.45, 2.75) is 26.3 Å². The van der Waals surface area contributed by atoms with Gasteiger partial charge in [0.2, 0.25) is 0 Å². The van der Waals surface area contributed by atoms with Crippen molar-refractivity contribution in [3.63, 3.8) is 0 Å². The SMILES string of the molecule is CCc1ccc([C@@H](C)NC(=O)COC(=O)c2ccccc2F)cc1. The highest BCUT2D eigenvalue weighted by molar-refractivity contribution is 5.91. The molecule has 0 aliphatic heterocycles. The maximum absolute atomic E-state index is 13.5. The van der Waals surface area contributed by atoms with Crippen LogP contribution in [0.15, 0.2) is 48.5 Å². The highest BCUT2D eigenvalue weighted by Gasteiger charge is 2.15. The molecule has 2 rings (SSSR count). The second kappa shape index (κ2) is 8.24. The monoisotopic (exact) mass is 329 g/mol. The van der Waals surface area contributed by atoms with Gasteiger partial charge in [-0.15, -0.1) is 0 Å². The van der Waals surface area contributed by atoms with E-state index >= 15 is 0 Å². The average Bonchev–Trinajstić information content (AvgIpc) is 2.60. The van der Waals surface area contributed by atoms with Crippen molar-refractivity contribution in [1.29, 1.82) is 0 Å². The van der Waals surface area contributed by atoms with Crippen LogP contribution in [-0.2, 0) is 16.0 Å². The van der Waals surface area contributed by atoms with Gasteiger partial charge in [0.1, 0.15) is 5.82 Å². The van der Waals surface area contributed by atoms with Gasteiger partial charge in [-0.2, -0.15) is 0 Å². The van der Waals surface area contributed by atoms with E-state index in [1.165, 1.54) is 29.8 Å². The van der Waals surface area contributed by atoms with Crippen molar-refractivity contribution in [3.8, 4) is 0 Å². The summed E-state index contributed by atoms with van der Waals surface area (Å²) in [5.41, 5.74) is 1.99. The lowest BCUT2D eigenvalue weighted by Crippen LogP contribution is -2.31. The van der Waals surface area contributed by atoms with Crippen LogP contribution in [0.5, 0.6) is 0 Å². The fourth-order valence-corrected chi connectivity index (χ4v) is 2.24. The summed E-state index contributed by atoms with van der Waals surface area (Å²) in [7, 11) is 0. The first-order chi connectivity index (χ1) is 11.5. The molecule has 2 aromatic carbocycles. The van der Waals surface area contributed by atoms with Crippen LogP contribution in [-0.4, -0.2) is 18.5 Å². The second-order valence-electron chi connectivity index (χ2n) is 5.44. The third-order valence-corrected chi connectivity index (χ3v) is 3.69. The van der Waals surface area contributed by atoms with Crippen LogP contribution in [0, 0.1) is 5.82 Å². The number of benzene rings is 2. The molecule has 1 N–H and O–H groups in total. The molecule has 0 unspecified atom stereocenters. The molecule has 0 saturated heterocycles. The van der Waals surface area contributed by atoms with Gasteiger partial charge in [-0.05, 0) is 36.6 Å². The molecule has 0 aromatic heterocycles. The topological polar surface area (TPSA) is 55.4 Å². The first-order valence-corrected chi connectivity index (χ1v) is 7.81. The average molecular weight is 329 g/mol.